The molecule has 34 heavy (non-hydrogen) atoms. The summed E-state index contributed by atoms with van der Waals surface area (Å²) in [6.45, 7) is 4.21. The number of fused-ring (bicyclic) bond motifs is 1. The molecule has 1 aromatic heterocycles. The molecule has 12 heteroatoms. The molecule has 3 aliphatic heterocycles. The van der Waals surface area contributed by atoms with Gasteiger partial charge in [-0.05, 0) is 35.3 Å². The molecule has 0 amide bonds. The van der Waals surface area contributed by atoms with Crippen molar-refractivity contribution >= 4 is 44.3 Å². The monoisotopic (exact) mass is 564 g/mol. The second-order valence-corrected chi connectivity index (χ2v) is 10.0. The van der Waals surface area contributed by atoms with Crippen molar-refractivity contribution in [3.63, 3.8) is 0 Å². The van der Waals surface area contributed by atoms with E-state index in [4.69, 9.17) is 21.1 Å². The number of hydrogen-bond acceptors (Lipinski definition) is 6. The highest BCUT2D eigenvalue weighted by Gasteiger charge is 2.49. The Morgan fingerprint density at radius 2 is 2.18 bits per heavy atom. The highest BCUT2D eigenvalue weighted by molar-refractivity contribution is 9.10. The summed E-state index contributed by atoms with van der Waals surface area (Å²) < 4.78 is 68.1. The molecule has 0 spiro atoms. The topological polar surface area (TPSA) is 50.7 Å². The molecule has 0 saturated carbocycles. The number of rotatable bonds is 6. The van der Waals surface area contributed by atoms with Gasteiger partial charge in [0, 0.05) is 13.0 Å². The van der Waals surface area contributed by atoms with Crippen LogP contribution in [0.15, 0.2) is 17.1 Å². The van der Waals surface area contributed by atoms with Crippen molar-refractivity contribution in [2.24, 2.45) is 0 Å². The molecule has 2 fully saturated rings. The quantitative estimate of drug-likeness (QED) is 0.274. The lowest BCUT2D eigenvalue weighted by Gasteiger charge is -2.31. The van der Waals surface area contributed by atoms with Crippen LogP contribution in [-0.4, -0.2) is 71.9 Å². The first-order valence-corrected chi connectivity index (χ1v) is 12.1. The molecule has 0 unspecified atom stereocenters. The summed E-state index contributed by atoms with van der Waals surface area (Å²) in [7, 11) is 0. The van der Waals surface area contributed by atoms with Gasteiger partial charge in [-0.1, -0.05) is 17.7 Å². The van der Waals surface area contributed by atoms with Gasteiger partial charge in [0.1, 0.15) is 35.7 Å². The zero-order chi connectivity index (χ0) is 24.2. The summed E-state index contributed by atoms with van der Waals surface area (Å²) in [4.78, 5) is 12.0. The Balaban J connectivity index is 1.62. The molecule has 0 radical (unpaired) electrons. The average Bonchev–Trinajstić information content (AvgIpc) is 3.27. The van der Waals surface area contributed by atoms with E-state index in [9.17, 15) is 13.2 Å². The zero-order valence-electron chi connectivity index (χ0n) is 18.0. The Kier molecular flexibility index (Phi) is 6.31. The van der Waals surface area contributed by atoms with Crippen molar-refractivity contribution in [3.8, 4) is 11.8 Å². The molecule has 0 N–H and O–H groups in total. The van der Waals surface area contributed by atoms with Crippen LogP contribution in [0.5, 0.6) is 11.8 Å². The van der Waals surface area contributed by atoms with Crippen molar-refractivity contribution in [2.45, 2.75) is 43.4 Å². The lowest BCUT2D eigenvalue weighted by molar-refractivity contribution is 0.107. The molecule has 1 aromatic carbocycles. The lowest BCUT2D eigenvalue weighted by Crippen LogP contribution is -2.43. The summed E-state index contributed by atoms with van der Waals surface area (Å²) in [5, 5.41) is 0.0269. The Labute approximate surface area is 207 Å². The third kappa shape index (κ3) is 3.89. The summed E-state index contributed by atoms with van der Waals surface area (Å²) in [5.41, 5.74) is -0.656. The summed E-state index contributed by atoms with van der Waals surface area (Å²) >= 11 is 9.45. The number of halogens is 6. The fourth-order valence-corrected chi connectivity index (χ4v) is 5.84. The Bertz CT molecular complexity index is 1140. The van der Waals surface area contributed by atoms with Gasteiger partial charge in [0.15, 0.2) is 11.6 Å². The van der Waals surface area contributed by atoms with E-state index in [2.05, 4.69) is 37.4 Å². The number of anilines is 1. The molecule has 0 bridgehead atoms. The van der Waals surface area contributed by atoms with E-state index in [0.29, 0.717) is 13.0 Å². The maximum absolute atomic E-state index is 15.3. The largest absolute Gasteiger partial charge is 0.489 e. The van der Waals surface area contributed by atoms with Crippen LogP contribution in [0.1, 0.15) is 19.3 Å². The summed E-state index contributed by atoms with van der Waals surface area (Å²) in [5.74, 6) is -0.687. The van der Waals surface area contributed by atoms with Crippen LogP contribution in [0.25, 0.3) is 10.9 Å². The molecular weight excluding hydrogens is 544 g/mol. The summed E-state index contributed by atoms with van der Waals surface area (Å²) in [6.07, 6.45) is -0.188. The number of ether oxygens (including phenoxy) is 2. The van der Waals surface area contributed by atoms with Gasteiger partial charge >= 0.3 is 6.01 Å². The zero-order valence-corrected chi connectivity index (χ0v) is 20.4. The predicted molar refractivity (Wildman–Crippen MR) is 124 cm³/mol. The number of aromatic nitrogens is 2. The minimum Gasteiger partial charge on any atom is -0.489 e. The van der Waals surface area contributed by atoms with Crippen LogP contribution >= 0.6 is 27.5 Å². The van der Waals surface area contributed by atoms with Gasteiger partial charge in [0.05, 0.1) is 28.0 Å². The lowest BCUT2D eigenvalue weighted by atomic mass is 9.95. The smallest absolute Gasteiger partial charge is 0.319 e. The second kappa shape index (κ2) is 8.98. The van der Waals surface area contributed by atoms with Gasteiger partial charge in [-0.2, -0.15) is 9.97 Å². The molecule has 4 heterocycles. The molecule has 3 atom stereocenters. The highest BCUT2D eigenvalue weighted by Crippen LogP contribution is 2.47. The van der Waals surface area contributed by atoms with Crippen LogP contribution in [0.2, 0.25) is 5.02 Å². The Morgan fingerprint density at radius 1 is 1.38 bits per heavy atom. The van der Waals surface area contributed by atoms with Gasteiger partial charge in [0.2, 0.25) is 0 Å². The van der Waals surface area contributed by atoms with E-state index in [1.165, 1.54) is 11.0 Å². The van der Waals surface area contributed by atoms with Crippen molar-refractivity contribution in [1.82, 2.24) is 14.9 Å². The standard InChI is InChI=1S/C22H22BrClF4N4O2/c1-2-12-9-33-19-14-18(17(28)15(23)16(19)24)29-21(30-20(14)32(12)8-13(26)27)34-10-22-4-3-5-31(22)7-11(25)6-22/h2,11-13H,1,3-10H2/t11-,12+,22+/m1/s1. The van der Waals surface area contributed by atoms with E-state index in [0.717, 1.165) is 19.4 Å². The van der Waals surface area contributed by atoms with Crippen LogP contribution in [0.4, 0.5) is 23.4 Å². The Morgan fingerprint density at radius 3 is 2.91 bits per heavy atom. The first kappa shape index (κ1) is 23.9. The minimum atomic E-state index is -2.71. The number of nitrogens with zero attached hydrogens (tertiary/aromatic N) is 4. The molecule has 3 aliphatic rings. The van der Waals surface area contributed by atoms with Crippen molar-refractivity contribution in [3.05, 3.63) is 28.0 Å². The first-order chi connectivity index (χ1) is 16.2. The second-order valence-electron chi connectivity index (χ2n) is 8.85. The van der Waals surface area contributed by atoms with Gasteiger partial charge < -0.3 is 14.4 Å². The summed E-state index contributed by atoms with van der Waals surface area (Å²) in [6, 6.07) is -0.870. The molecule has 5 rings (SSSR count). The third-order valence-electron chi connectivity index (χ3n) is 6.80. The van der Waals surface area contributed by atoms with Gasteiger partial charge in [-0.25, -0.2) is 17.6 Å². The molecular formula is C22H22BrClF4N4O2. The minimum absolute atomic E-state index is 0.0153. The van der Waals surface area contributed by atoms with Crippen LogP contribution in [0.3, 0.4) is 0 Å². The van der Waals surface area contributed by atoms with E-state index < -0.39 is 36.5 Å². The third-order valence-corrected chi connectivity index (χ3v) is 8.13. The maximum Gasteiger partial charge on any atom is 0.319 e. The highest BCUT2D eigenvalue weighted by atomic mass is 79.9. The number of benzene rings is 1. The fourth-order valence-electron chi connectivity index (χ4n) is 5.24. The van der Waals surface area contributed by atoms with Crippen molar-refractivity contribution in [2.75, 3.05) is 37.7 Å². The Hall–Kier alpha value is -1.85. The molecule has 0 aliphatic carbocycles. The number of hydrogen-bond donors (Lipinski definition) is 0. The van der Waals surface area contributed by atoms with Crippen LogP contribution in [0, 0.1) is 5.82 Å². The van der Waals surface area contributed by atoms with E-state index in [-0.39, 0.29) is 51.2 Å². The molecule has 2 saturated heterocycles. The van der Waals surface area contributed by atoms with Gasteiger partial charge in [-0.15, -0.1) is 6.58 Å². The van der Waals surface area contributed by atoms with Crippen LogP contribution in [-0.2, 0) is 0 Å². The van der Waals surface area contributed by atoms with E-state index in [1.807, 2.05) is 0 Å². The number of alkyl halides is 3. The molecule has 6 nitrogen and oxygen atoms in total. The van der Waals surface area contributed by atoms with Crippen LogP contribution < -0.4 is 14.4 Å². The predicted octanol–water partition coefficient (Wildman–Crippen LogP) is 5.16. The van der Waals surface area contributed by atoms with E-state index >= 15 is 4.39 Å². The van der Waals surface area contributed by atoms with Crippen molar-refractivity contribution in [1.29, 1.82) is 0 Å². The fraction of sp³-hybridized carbons (Fsp3) is 0.545. The molecule has 2 aromatic rings. The van der Waals surface area contributed by atoms with Crippen molar-refractivity contribution < 1.29 is 27.0 Å². The normalized spacial score (nSPS) is 26.6. The average molecular weight is 566 g/mol. The first-order valence-electron chi connectivity index (χ1n) is 10.9. The van der Waals surface area contributed by atoms with Gasteiger partial charge in [0.25, 0.3) is 6.43 Å². The van der Waals surface area contributed by atoms with E-state index in [1.54, 1.807) is 0 Å². The maximum atomic E-state index is 15.3. The SMILES string of the molecule is C=C[C@H]1COc2c(Cl)c(Br)c(F)c3nc(OC[C@@]45CCCN4C[C@H](F)C5)nc(c23)N1CC(F)F. The molecule has 184 valence electrons. The van der Waals surface area contributed by atoms with Gasteiger partial charge in [-0.3, -0.25) is 4.90 Å².